The molecular weight excluding hydrogens is 346 g/mol. The minimum atomic E-state index is 0.455. The van der Waals surface area contributed by atoms with Crippen LogP contribution in [0.25, 0.3) is 10.8 Å². The maximum absolute atomic E-state index is 3.62. The fraction of sp³-hybridized carbons (Fsp3) is 0.238. The van der Waals surface area contributed by atoms with Crippen molar-refractivity contribution in [3.63, 3.8) is 0 Å². The smallest absolute Gasteiger partial charge is 0.0237 e. The summed E-state index contributed by atoms with van der Waals surface area (Å²) in [7, 11) is 0. The van der Waals surface area contributed by atoms with Gasteiger partial charge in [0.05, 0.1) is 0 Å². The molecule has 1 aliphatic rings. The Labute approximate surface area is 146 Å². The molecule has 3 aromatic carbocycles. The van der Waals surface area contributed by atoms with Gasteiger partial charge < -0.3 is 0 Å². The van der Waals surface area contributed by atoms with E-state index in [0.717, 1.165) is 19.6 Å². The lowest BCUT2D eigenvalue weighted by Gasteiger charge is -2.34. The third kappa shape index (κ3) is 2.82. The van der Waals surface area contributed by atoms with Crippen molar-refractivity contribution in [2.45, 2.75) is 19.4 Å². The molecule has 0 radical (unpaired) electrons. The molecule has 4 rings (SSSR count). The van der Waals surface area contributed by atoms with E-state index in [0.29, 0.717) is 5.92 Å². The quantitative estimate of drug-likeness (QED) is 0.573. The Morgan fingerprint density at radius 1 is 1.00 bits per heavy atom. The van der Waals surface area contributed by atoms with Gasteiger partial charge in [0.15, 0.2) is 0 Å². The first-order valence-electron chi connectivity index (χ1n) is 8.24. The Hall–Kier alpha value is -1.64. The van der Waals surface area contributed by atoms with Crippen LogP contribution < -0.4 is 0 Å². The number of rotatable bonds is 2. The van der Waals surface area contributed by atoms with E-state index < -0.39 is 0 Å². The summed E-state index contributed by atoms with van der Waals surface area (Å²) < 4.78 is 1.17. The van der Waals surface area contributed by atoms with Crippen LogP contribution in [0.3, 0.4) is 0 Å². The van der Waals surface area contributed by atoms with Gasteiger partial charge in [0.2, 0.25) is 0 Å². The molecule has 1 unspecified atom stereocenters. The van der Waals surface area contributed by atoms with E-state index in [1.54, 1.807) is 0 Å². The van der Waals surface area contributed by atoms with Gasteiger partial charge in [-0.25, -0.2) is 0 Å². The van der Waals surface area contributed by atoms with Gasteiger partial charge in [-0.3, -0.25) is 4.90 Å². The summed E-state index contributed by atoms with van der Waals surface area (Å²) >= 11 is 3.62. The minimum absolute atomic E-state index is 0.455. The molecule has 0 aliphatic carbocycles. The molecule has 0 aromatic heterocycles. The van der Waals surface area contributed by atoms with Crippen molar-refractivity contribution >= 4 is 26.7 Å². The van der Waals surface area contributed by atoms with Crippen LogP contribution in [0.2, 0.25) is 0 Å². The fourth-order valence-electron chi connectivity index (χ4n) is 3.66. The predicted molar refractivity (Wildman–Crippen MR) is 101 cm³/mol. The number of fused-ring (bicyclic) bond motifs is 2. The highest BCUT2D eigenvalue weighted by Gasteiger charge is 2.26. The van der Waals surface area contributed by atoms with Gasteiger partial charge in [-0.2, -0.15) is 0 Å². The third-order valence-electron chi connectivity index (χ3n) is 4.94. The molecule has 0 bridgehead atoms. The molecule has 1 heterocycles. The zero-order valence-corrected chi connectivity index (χ0v) is 14.9. The van der Waals surface area contributed by atoms with Crippen molar-refractivity contribution in [1.82, 2.24) is 4.90 Å². The number of halogens is 1. The van der Waals surface area contributed by atoms with Crippen LogP contribution >= 0.6 is 15.9 Å². The van der Waals surface area contributed by atoms with Gasteiger partial charge >= 0.3 is 0 Å². The molecule has 1 aliphatic heterocycles. The van der Waals surface area contributed by atoms with Crippen LogP contribution in [0, 0.1) is 0 Å². The van der Waals surface area contributed by atoms with E-state index in [2.05, 4.69) is 88.4 Å². The summed E-state index contributed by atoms with van der Waals surface area (Å²) in [6.45, 7) is 5.50. The molecule has 0 saturated carbocycles. The van der Waals surface area contributed by atoms with Crippen molar-refractivity contribution in [3.05, 3.63) is 81.8 Å². The molecule has 0 spiro atoms. The van der Waals surface area contributed by atoms with Crippen molar-refractivity contribution < 1.29 is 0 Å². The molecule has 3 aromatic rings. The summed E-state index contributed by atoms with van der Waals surface area (Å²) in [5, 5.41) is 2.65. The Bertz CT molecular complexity index is 855. The Kier molecular flexibility index (Phi) is 3.96. The Morgan fingerprint density at radius 2 is 1.83 bits per heavy atom. The van der Waals surface area contributed by atoms with E-state index in [-0.39, 0.29) is 0 Å². The summed E-state index contributed by atoms with van der Waals surface area (Å²) in [6, 6.07) is 22.3. The lowest BCUT2D eigenvalue weighted by atomic mass is 9.84. The molecule has 1 atom stereocenters. The second-order valence-electron chi connectivity index (χ2n) is 6.33. The summed E-state index contributed by atoms with van der Waals surface area (Å²) in [6.07, 6.45) is 0. The average Bonchev–Trinajstić information content (AvgIpc) is 2.60. The highest BCUT2D eigenvalue weighted by atomic mass is 79.9. The fourth-order valence-corrected chi connectivity index (χ4v) is 4.07. The summed E-state index contributed by atoms with van der Waals surface area (Å²) in [5.41, 5.74) is 4.35. The standard InChI is InChI=1S/C21H20BrN/c1-2-23-13-18-12-19(22)9-10-20(18)21(14-23)17-8-7-15-5-3-4-6-16(15)11-17/h3-12,21H,2,13-14H2,1H3. The van der Waals surface area contributed by atoms with Crippen LogP contribution in [-0.4, -0.2) is 18.0 Å². The van der Waals surface area contributed by atoms with Crippen LogP contribution in [0.1, 0.15) is 29.5 Å². The maximum atomic E-state index is 3.62. The number of nitrogens with zero attached hydrogens (tertiary/aromatic N) is 1. The molecule has 0 saturated heterocycles. The Balaban J connectivity index is 1.82. The van der Waals surface area contributed by atoms with Crippen LogP contribution in [0.5, 0.6) is 0 Å². The van der Waals surface area contributed by atoms with Crippen LogP contribution in [-0.2, 0) is 6.54 Å². The van der Waals surface area contributed by atoms with Gasteiger partial charge in [-0.1, -0.05) is 71.4 Å². The zero-order valence-electron chi connectivity index (χ0n) is 13.3. The molecule has 0 amide bonds. The van der Waals surface area contributed by atoms with Gasteiger partial charge in [0.1, 0.15) is 0 Å². The van der Waals surface area contributed by atoms with Crippen LogP contribution in [0.15, 0.2) is 65.1 Å². The third-order valence-corrected chi connectivity index (χ3v) is 5.43. The predicted octanol–water partition coefficient (Wildman–Crippen LogP) is 5.57. The Morgan fingerprint density at radius 3 is 2.65 bits per heavy atom. The van der Waals surface area contributed by atoms with E-state index in [9.17, 15) is 0 Å². The normalized spacial score (nSPS) is 18.1. The molecule has 2 heteroatoms. The van der Waals surface area contributed by atoms with E-state index in [1.807, 2.05) is 0 Å². The van der Waals surface area contributed by atoms with Crippen molar-refractivity contribution in [3.8, 4) is 0 Å². The van der Waals surface area contributed by atoms with Gasteiger partial charge in [-0.05, 0) is 46.1 Å². The molecule has 116 valence electrons. The van der Waals surface area contributed by atoms with E-state index in [1.165, 1.54) is 31.9 Å². The second-order valence-corrected chi connectivity index (χ2v) is 7.25. The largest absolute Gasteiger partial charge is 0.298 e. The molecule has 23 heavy (non-hydrogen) atoms. The maximum Gasteiger partial charge on any atom is 0.0237 e. The lowest BCUT2D eigenvalue weighted by molar-refractivity contribution is 0.253. The van der Waals surface area contributed by atoms with Gasteiger partial charge in [0.25, 0.3) is 0 Å². The molecule has 1 nitrogen and oxygen atoms in total. The van der Waals surface area contributed by atoms with Crippen molar-refractivity contribution in [1.29, 1.82) is 0 Å². The number of hydrogen-bond donors (Lipinski definition) is 0. The molecular formula is C21H20BrN. The van der Waals surface area contributed by atoms with Gasteiger partial charge in [0, 0.05) is 23.5 Å². The van der Waals surface area contributed by atoms with E-state index >= 15 is 0 Å². The van der Waals surface area contributed by atoms with Crippen molar-refractivity contribution in [2.24, 2.45) is 0 Å². The van der Waals surface area contributed by atoms with E-state index in [4.69, 9.17) is 0 Å². The highest BCUT2D eigenvalue weighted by Crippen LogP contribution is 2.35. The molecule has 0 N–H and O–H groups in total. The first kappa shape index (κ1) is 14.9. The number of benzene rings is 3. The minimum Gasteiger partial charge on any atom is -0.298 e. The first-order chi connectivity index (χ1) is 11.2. The average molecular weight is 366 g/mol. The molecule has 0 fully saturated rings. The van der Waals surface area contributed by atoms with Gasteiger partial charge in [-0.15, -0.1) is 0 Å². The number of hydrogen-bond acceptors (Lipinski definition) is 1. The summed E-state index contributed by atoms with van der Waals surface area (Å²) in [4.78, 5) is 2.54. The monoisotopic (exact) mass is 365 g/mol. The topological polar surface area (TPSA) is 3.24 Å². The lowest BCUT2D eigenvalue weighted by Crippen LogP contribution is -2.33. The van der Waals surface area contributed by atoms with Crippen LogP contribution in [0.4, 0.5) is 0 Å². The number of likely N-dealkylation sites (N-methyl/N-ethyl adjacent to an activating group) is 1. The summed E-state index contributed by atoms with van der Waals surface area (Å²) in [5.74, 6) is 0.455. The SMILES string of the molecule is CCN1Cc2cc(Br)ccc2C(c2ccc3ccccc3c2)C1. The highest BCUT2D eigenvalue weighted by molar-refractivity contribution is 9.10. The zero-order chi connectivity index (χ0) is 15.8. The van der Waals surface area contributed by atoms with Crippen molar-refractivity contribution in [2.75, 3.05) is 13.1 Å². The first-order valence-corrected chi connectivity index (χ1v) is 9.03. The second kappa shape index (κ2) is 6.10.